The van der Waals surface area contributed by atoms with Gasteiger partial charge in [0.15, 0.2) is 0 Å². The van der Waals surface area contributed by atoms with Crippen molar-refractivity contribution in [2.45, 2.75) is 45.4 Å². The molecule has 1 aliphatic rings. The number of nitrogen functional groups attached to an aromatic ring is 1. The first-order valence-corrected chi connectivity index (χ1v) is 7.17. The van der Waals surface area contributed by atoms with Crippen molar-refractivity contribution in [3.05, 3.63) is 11.4 Å². The SMILES string of the molecule is Cc1nn(C)c(C(=O)NCCCC2CCCC2)c1N. The van der Waals surface area contributed by atoms with Crippen molar-refractivity contribution in [1.82, 2.24) is 15.1 Å². The maximum absolute atomic E-state index is 12.0. The van der Waals surface area contributed by atoms with Crippen LogP contribution in [0, 0.1) is 12.8 Å². The van der Waals surface area contributed by atoms with Gasteiger partial charge in [-0.05, 0) is 25.7 Å². The molecule has 1 aromatic heterocycles. The van der Waals surface area contributed by atoms with Crippen molar-refractivity contribution in [3.63, 3.8) is 0 Å². The van der Waals surface area contributed by atoms with Gasteiger partial charge in [0, 0.05) is 13.6 Å². The summed E-state index contributed by atoms with van der Waals surface area (Å²) in [5.74, 6) is 0.757. The number of amides is 1. The van der Waals surface area contributed by atoms with Gasteiger partial charge in [-0.1, -0.05) is 25.7 Å². The lowest BCUT2D eigenvalue weighted by Crippen LogP contribution is -2.27. The van der Waals surface area contributed by atoms with E-state index in [-0.39, 0.29) is 5.91 Å². The third-order valence-corrected chi connectivity index (χ3v) is 4.03. The molecule has 1 heterocycles. The number of carbonyl (C=O) groups excluding carboxylic acids is 1. The van der Waals surface area contributed by atoms with Crippen LogP contribution in [0.1, 0.15) is 54.7 Å². The summed E-state index contributed by atoms with van der Waals surface area (Å²) < 4.78 is 1.55. The summed E-state index contributed by atoms with van der Waals surface area (Å²) in [7, 11) is 1.75. The van der Waals surface area contributed by atoms with Gasteiger partial charge in [-0.25, -0.2) is 0 Å². The molecular formula is C14H24N4O. The molecule has 5 heteroatoms. The summed E-state index contributed by atoms with van der Waals surface area (Å²) in [4.78, 5) is 12.0. The molecule has 5 nitrogen and oxygen atoms in total. The number of hydrogen-bond acceptors (Lipinski definition) is 3. The standard InChI is InChI=1S/C14H24N4O/c1-10-12(15)13(18(2)17-10)14(19)16-9-5-8-11-6-3-4-7-11/h11H,3-9,15H2,1-2H3,(H,16,19). The Kier molecular flexibility index (Phi) is 4.45. The number of nitrogens with one attached hydrogen (secondary N) is 1. The Balaban J connectivity index is 1.77. The van der Waals surface area contributed by atoms with Crippen molar-refractivity contribution in [3.8, 4) is 0 Å². The van der Waals surface area contributed by atoms with Gasteiger partial charge in [-0.15, -0.1) is 0 Å². The number of nitrogens with zero attached hydrogens (tertiary/aromatic N) is 2. The van der Waals surface area contributed by atoms with Crippen LogP contribution < -0.4 is 11.1 Å². The third-order valence-electron chi connectivity index (χ3n) is 4.03. The molecule has 0 saturated heterocycles. The number of carbonyl (C=O) groups is 1. The van der Waals surface area contributed by atoms with Gasteiger partial charge in [0.1, 0.15) is 5.69 Å². The highest BCUT2D eigenvalue weighted by Gasteiger charge is 2.18. The molecule has 3 N–H and O–H groups in total. The van der Waals surface area contributed by atoms with Crippen LogP contribution >= 0.6 is 0 Å². The van der Waals surface area contributed by atoms with E-state index < -0.39 is 0 Å². The van der Waals surface area contributed by atoms with Crippen LogP contribution in [0.2, 0.25) is 0 Å². The van der Waals surface area contributed by atoms with Crippen LogP contribution in [0.3, 0.4) is 0 Å². The zero-order valence-electron chi connectivity index (χ0n) is 11.9. The number of aromatic nitrogens is 2. The second-order valence-corrected chi connectivity index (χ2v) is 5.52. The second kappa shape index (κ2) is 6.08. The zero-order valence-corrected chi connectivity index (χ0v) is 11.9. The van der Waals surface area contributed by atoms with Gasteiger partial charge in [-0.2, -0.15) is 5.10 Å². The highest BCUT2D eigenvalue weighted by molar-refractivity contribution is 5.97. The molecule has 1 aromatic rings. The first kappa shape index (κ1) is 13.9. The van der Waals surface area contributed by atoms with Crippen LogP contribution in [0.4, 0.5) is 5.69 Å². The molecule has 19 heavy (non-hydrogen) atoms. The van der Waals surface area contributed by atoms with Crippen molar-refractivity contribution in [2.75, 3.05) is 12.3 Å². The van der Waals surface area contributed by atoms with E-state index in [0.717, 1.165) is 18.9 Å². The first-order chi connectivity index (χ1) is 9.09. The lowest BCUT2D eigenvalue weighted by atomic mass is 10.0. The van der Waals surface area contributed by atoms with E-state index in [0.29, 0.717) is 17.1 Å². The average molecular weight is 264 g/mol. The van der Waals surface area contributed by atoms with Crippen LogP contribution in [0.25, 0.3) is 0 Å². The second-order valence-electron chi connectivity index (χ2n) is 5.52. The summed E-state index contributed by atoms with van der Waals surface area (Å²) in [5.41, 5.74) is 7.52. The minimum atomic E-state index is -0.118. The highest BCUT2D eigenvalue weighted by Crippen LogP contribution is 2.28. The first-order valence-electron chi connectivity index (χ1n) is 7.17. The maximum atomic E-state index is 12.0. The van der Waals surface area contributed by atoms with Crippen molar-refractivity contribution in [2.24, 2.45) is 13.0 Å². The van der Waals surface area contributed by atoms with Crippen LogP contribution in [0.15, 0.2) is 0 Å². The molecular weight excluding hydrogens is 240 g/mol. The predicted molar refractivity (Wildman–Crippen MR) is 75.9 cm³/mol. The summed E-state index contributed by atoms with van der Waals surface area (Å²) in [6.07, 6.45) is 7.75. The van der Waals surface area contributed by atoms with E-state index in [1.807, 2.05) is 6.92 Å². The third kappa shape index (κ3) is 3.28. The van der Waals surface area contributed by atoms with Crippen LogP contribution in [0.5, 0.6) is 0 Å². The van der Waals surface area contributed by atoms with E-state index in [1.165, 1.54) is 32.1 Å². The average Bonchev–Trinajstić information content (AvgIpc) is 2.95. The summed E-state index contributed by atoms with van der Waals surface area (Å²) in [6, 6.07) is 0. The molecule has 0 aliphatic heterocycles. The number of nitrogens with two attached hydrogens (primary N) is 1. The summed E-state index contributed by atoms with van der Waals surface area (Å²) in [6.45, 7) is 2.53. The Labute approximate surface area is 114 Å². The quantitative estimate of drug-likeness (QED) is 0.799. The van der Waals surface area contributed by atoms with E-state index in [9.17, 15) is 4.79 Å². The Morgan fingerprint density at radius 1 is 1.47 bits per heavy atom. The van der Waals surface area contributed by atoms with Gasteiger partial charge in [0.05, 0.1) is 11.4 Å². The van der Waals surface area contributed by atoms with E-state index in [4.69, 9.17) is 5.73 Å². The number of rotatable bonds is 5. The van der Waals surface area contributed by atoms with Gasteiger partial charge < -0.3 is 11.1 Å². The Hall–Kier alpha value is -1.52. The monoisotopic (exact) mass is 264 g/mol. The molecule has 106 valence electrons. The van der Waals surface area contributed by atoms with Crippen LogP contribution in [-0.2, 0) is 7.05 Å². The largest absolute Gasteiger partial charge is 0.395 e. The van der Waals surface area contributed by atoms with Gasteiger partial charge in [-0.3, -0.25) is 9.48 Å². The zero-order chi connectivity index (χ0) is 13.8. The molecule has 2 rings (SSSR count). The lowest BCUT2D eigenvalue weighted by molar-refractivity contribution is 0.0944. The maximum Gasteiger partial charge on any atom is 0.271 e. The highest BCUT2D eigenvalue weighted by atomic mass is 16.2. The lowest BCUT2D eigenvalue weighted by Gasteiger charge is -2.09. The molecule has 0 spiro atoms. The fourth-order valence-electron chi connectivity index (χ4n) is 2.92. The fourth-order valence-corrected chi connectivity index (χ4v) is 2.92. The molecule has 1 saturated carbocycles. The minimum Gasteiger partial charge on any atom is -0.395 e. The van der Waals surface area contributed by atoms with Crippen molar-refractivity contribution in [1.29, 1.82) is 0 Å². The molecule has 1 fully saturated rings. The van der Waals surface area contributed by atoms with Gasteiger partial charge in [0.25, 0.3) is 5.91 Å². The van der Waals surface area contributed by atoms with E-state index >= 15 is 0 Å². The molecule has 0 bridgehead atoms. The van der Waals surface area contributed by atoms with Crippen LogP contribution in [-0.4, -0.2) is 22.2 Å². The fraction of sp³-hybridized carbons (Fsp3) is 0.714. The summed E-state index contributed by atoms with van der Waals surface area (Å²) >= 11 is 0. The van der Waals surface area contributed by atoms with Crippen molar-refractivity contribution >= 4 is 11.6 Å². The minimum absolute atomic E-state index is 0.118. The Bertz CT molecular complexity index is 447. The number of anilines is 1. The van der Waals surface area contributed by atoms with Crippen molar-refractivity contribution < 1.29 is 4.79 Å². The van der Waals surface area contributed by atoms with Gasteiger partial charge in [0.2, 0.25) is 0 Å². The smallest absolute Gasteiger partial charge is 0.271 e. The molecule has 1 amide bonds. The predicted octanol–water partition coefficient (Wildman–Crippen LogP) is 2.01. The molecule has 1 aliphatic carbocycles. The number of hydrogen-bond donors (Lipinski definition) is 2. The molecule has 0 atom stereocenters. The van der Waals surface area contributed by atoms with E-state index in [2.05, 4.69) is 10.4 Å². The van der Waals surface area contributed by atoms with Gasteiger partial charge >= 0.3 is 0 Å². The topological polar surface area (TPSA) is 72.9 Å². The molecule has 0 radical (unpaired) electrons. The Morgan fingerprint density at radius 3 is 2.74 bits per heavy atom. The Morgan fingerprint density at radius 2 is 2.16 bits per heavy atom. The van der Waals surface area contributed by atoms with E-state index in [1.54, 1.807) is 11.7 Å². The summed E-state index contributed by atoms with van der Waals surface area (Å²) in [5, 5.41) is 7.09. The number of aryl methyl sites for hydroxylation is 2. The normalized spacial score (nSPS) is 15.9. The molecule has 0 unspecified atom stereocenters. The molecule has 0 aromatic carbocycles.